The molecule has 0 bridgehead atoms. The molecule has 1 N–H and O–H groups in total. The number of aliphatic hydroxyl groups is 1. The summed E-state index contributed by atoms with van der Waals surface area (Å²) in [5.41, 5.74) is 2.98. The predicted molar refractivity (Wildman–Crippen MR) is 80.1 cm³/mol. The second-order valence-corrected chi connectivity index (χ2v) is 5.69. The molecule has 0 amide bonds. The highest BCUT2D eigenvalue weighted by atomic mass is 19.1. The minimum Gasteiger partial charge on any atom is -0.490 e. The molecule has 0 radical (unpaired) electrons. The number of fused-ring (bicyclic) bond motifs is 1. The summed E-state index contributed by atoms with van der Waals surface area (Å²) in [6.45, 7) is 1.99. The zero-order valence-electron chi connectivity index (χ0n) is 12.1. The number of benzene rings is 2. The molecule has 2 unspecified atom stereocenters. The van der Waals surface area contributed by atoms with Crippen molar-refractivity contribution in [1.82, 2.24) is 0 Å². The van der Waals surface area contributed by atoms with Gasteiger partial charge in [0.15, 0.2) is 0 Å². The lowest BCUT2D eigenvalue weighted by molar-refractivity contribution is 0.178. The van der Waals surface area contributed by atoms with Crippen LogP contribution >= 0.6 is 0 Å². The number of halogens is 1. The summed E-state index contributed by atoms with van der Waals surface area (Å²) >= 11 is 0. The maximum absolute atomic E-state index is 13.9. The average Bonchev–Trinajstić information content (AvgIpc) is 2.87. The van der Waals surface area contributed by atoms with Gasteiger partial charge in [0.05, 0.1) is 6.61 Å². The number of rotatable bonds is 4. The van der Waals surface area contributed by atoms with Crippen LogP contribution in [0, 0.1) is 12.7 Å². The molecule has 2 atom stereocenters. The fraction of sp³-hybridized carbons (Fsp3) is 0.333. The lowest BCUT2D eigenvalue weighted by atomic mass is 9.92. The first-order chi connectivity index (χ1) is 10.2. The lowest BCUT2D eigenvalue weighted by Crippen LogP contribution is -2.20. The second kappa shape index (κ2) is 5.86. The molecule has 2 nitrogen and oxygen atoms in total. The molecule has 21 heavy (non-hydrogen) atoms. The van der Waals surface area contributed by atoms with E-state index in [4.69, 9.17) is 4.74 Å². The van der Waals surface area contributed by atoms with Crippen molar-refractivity contribution in [3.8, 4) is 5.75 Å². The van der Waals surface area contributed by atoms with Crippen molar-refractivity contribution in [2.75, 3.05) is 6.61 Å². The van der Waals surface area contributed by atoms with Gasteiger partial charge in [-0.25, -0.2) is 4.39 Å². The van der Waals surface area contributed by atoms with Crippen molar-refractivity contribution in [3.05, 3.63) is 65.0 Å². The van der Waals surface area contributed by atoms with E-state index in [1.54, 1.807) is 18.2 Å². The van der Waals surface area contributed by atoms with Crippen LogP contribution in [0.4, 0.5) is 4.39 Å². The molecule has 0 aromatic heterocycles. The summed E-state index contributed by atoms with van der Waals surface area (Å²) in [5.74, 6) is 0.422. The zero-order valence-corrected chi connectivity index (χ0v) is 12.1. The average molecular weight is 286 g/mol. The van der Waals surface area contributed by atoms with Crippen molar-refractivity contribution < 1.29 is 14.2 Å². The Bertz CT molecular complexity index is 639. The van der Waals surface area contributed by atoms with Crippen LogP contribution < -0.4 is 4.74 Å². The van der Waals surface area contributed by atoms with Crippen LogP contribution in [0.2, 0.25) is 0 Å². The quantitative estimate of drug-likeness (QED) is 0.930. The molecule has 1 aliphatic rings. The van der Waals surface area contributed by atoms with E-state index in [-0.39, 0.29) is 24.4 Å². The number of aryl methyl sites for hydroxylation is 1. The van der Waals surface area contributed by atoms with Gasteiger partial charge in [-0.3, -0.25) is 0 Å². The van der Waals surface area contributed by atoms with Gasteiger partial charge < -0.3 is 9.84 Å². The van der Waals surface area contributed by atoms with Gasteiger partial charge in [0, 0.05) is 12.3 Å². The Hall–Kier alpha value is -1.87. The number of aliphatic hydroxyl groups excluding tert-OH is 1. The smallest absolute Gasteiger partial charge is 0.126 e. The van der Waals surface area contributed by atoms with Gasteiger partial charge in [-0.2, -0.15) is 0 Å². The molecule has 3 rings (SSSR count). The normalized spacial score (nSPS) is 18.1. The Balaban J connectivity index is 1.74. The van der Waals surface area contributed by atoms with Crippen LogP contribution in [0.1, 0.15) is 29.0 Å². The first kappa shape index (κ1) is 14.1. The maximum Gasteiger partial charge on any atom is 0.126 e. The highest BCUT2D eigenvalue weighted by molar-refractivity contribution is 5.40. The van der Waals surface area contributed by atoms with Crippen LogP contribution in [0.15, 0.2) is 42.5 Å². The molecule has 2 aromatic carbocycles. The van der Waals surface area contributed by atoms with E-state index in [1.807, 2.05) is 12.1 Å². The van der Waals surface area contributed by atoms with E-state index in [0.29, 0.717) is 12.0 Å². The van der Waals surface area contributed by atoms with Crippen molar-refractivity contribution in [2.45, 2.75) is 31.8 Å². The molecule has 0 spiro atoms. The Morgan fingerprint density at radius 2 is 2.10 bits per heavy atom. The molecule has 0 fully saturated rings. The van der Waals surface area contributed by atoms with Crippen LogP contribution in [0.5, 0.6) is 5.75 Å². The fourth-order valence-electron chi connectivity index (χ4n) is 3.00. The summed E-state index contributed by atoms with van der Waals surface area (Å²) in [6, 6.07) is 12.8. The second-order valence-electron chi connectivity index (χ2n) is 5.69. The molecule has 3 heteroatoms. The standard InChI is InChI=1S/C18H19FO2/c1-12-6-7-18-13(8-12)9-15(21-18)10-14(11-20)16-4-2-3-5-17(16)19/h2-8,14-15,20H,9-11H2,1H3. The fourth-order valence-corrected chi connectivity index (χ4v) is 3.00. The van der Waals surface area contributed by atoms with E-state index in [2.05, 4.69) is 13.0 Å². The first-order valence-electron chi connectivity index (χ1n) is 7.29. The third kappa shape index (κ3) is 2.93. The monoisotopic (exact) mass is 286 g/mol. The molecule has 0 aliphatic carbocycles. The molecular weight excluding hydrogens is 267 g/mol. The molecule has 1 heterocycles. The van der Waals surface area contributed by atoms with Crippen molar-refractivity contribution in [2.24, 2.45) is 0 Å². The van der Waals surface area contributed by atoms with Crippen LogP contribution in [0.3, 0.4) is 0 Å². The molecule has 0 saturated carbocycles. The highest BCUT2D eigenvalue weighted by Crippen LogP contribution is 2.34. The van der Waals surface area contributed by atoms with Gasteiger partial charge >= 0.3 is 0 Å². The Morgan fingerprint density at radius 3 is 2.86 bits per heavy atom. The molecule has 2 aromatic rings. The third-order valence-electron chi connectivity index (χ3n) is 4.07. The van der Waals surface area contributed by atoms with Crippen LogP contribution in [0.25, 0.3) is 0 Å². The van der Waals surface area contributed by atoms with Gasteiger partial charge in [0.25, 0.3) is 0 Å². The number of ether oxygens (including phenoxy) is 1. The van der Waals surface area contributed by atoms with Gasteiger partial charge in [0.2, 0.25) is 0 Å². The number of hydrogen-bond donors (Lipinski definition) is 1. The summed E-state index contributed by atoms with van der Waals surface area (Å²) in [5, 5.41) is 9.60. The SMILES string of the molecule is Cc1ccc2c(c1)CC(CC(CO)c1ccccc1F)O2. The van der Waals surface area contributed by atoms with E-state index in [0.717, 1.165) is 12.2 Å². The van der Waals surface area contributed by atoms with E-state index in [1.165, 1.54) is 17.2 Å². The van der Waals surface area contributed by atoms with Crippen molar-refractivity contribution >= 4 is 0 Å². The summed E-state index contributed by atoms with van der Waals surface area (Å²) in [6.07, 6.45) is 1.44. The highest BCUT2D eigenvalue weighted by Gasteiger charge is 2.27. The molecular formula is C18H19FO2. The maximum atomic E-state index is 13.9. The minimum absolute atomic E-state index is 0.00134. The summed E-state index contributed by atoms with van der Waals surface area (Å²) in [7, 11) is 0. The summed E-state index contributed by atoms with van der Waals surface area (Å²) < 4.78 is 19.8. The summed E-state index contributed by atoms with van der Waals surface area (Å²) in [4.78, 5) is 0. The number of hydrogen-bond acceptors (Lipinski definition) is 2. The largest absolute Gasteiger partial charge is 0.490 e. The molecule has 1 aliphatic heterocycles. The Kier molecular flexibility index (Phi) is 3.93. The lowest BCUT2D eigenvalue weighted by Gasteiger charge is -2.19. The Labute approximate surface area is 124 Å². The van der Waals surface area contributed by atoms with E-state index in [9.17, 15) is 9.50 Å². The van der Waals surface area contributed by atoms with E-state index >= 15 is 0 Å². The molecule has 0 saturated heterocycles. The van der Waals surface area contributed by atoms with Crippen molar-refractivity contribution in [3.63, 3.8) is 0 Å². The van der Waals surface area contributed by atoms with Crippen LogP contribution in [-0.2, 0) is 6.42 Å². The van der Waals surface area contributed by atoms with Gasteiger partial charge in [0.1, 0.15) is 17.7 Å². The molecule has 110 valence electrons. The topological polar surface area (TPSA) is 29.5 Å². The van der Waals surface area contributed by atoms with Crippen LogP contribution in [-0.4, -0.2) is 17.8 Å². The zero-order chi connectivity index (χ0) is 14.8. The van der Waals surface area contributed by atoms with Crippen molar-refractivity contribution in [1.29, 1.82) is 0 Å². The van der Waals surface area contributed by atoms with E-state index < -0.39 is 0 Å². The minimum atomic E-state index is -0.261. The van der Waals surface area contributed by atoms with Gasteiger partial charge in [-0.1, -0.05) is 35.9 Å². The van der Waals surface area contributed by atoms with Gasteiger partial charge in [-0.05, 0) is 36.6 Å². The van der Waals surface area contributed by atoms with Gasteiger partial charge in [-0.15, -0.1) is 0 Å². The predicted octanol–water partition coefficient (Wildman–Crippen LogP) is 3.60. The third-order valence-corrected chi connectivity index (χ3v) is 4.07. The first-order valence-corrected chi connectivity index (χ1v) is 7.29. The Morgan fingerprint density at radius 1 is 1.29 bits per heavy atom.